The highest BCUT2D eigenvalue weighted by Gasteiger charge is 2.25. The summed E-state index contributed by atoms with van der Waals surface area (Å²) in [5, 5.41) is 3.49. The fraction of sp³-hybridized carbons (Fsp3) is 1.00. The summed E-state index contributed by atoms with van der Waals surface area (Å²) in [6, 6.07) is 0. The van der Waals surface area contributed by atoms with Crippen molar-refractivity contribution in [1.82, 2.24) is 5.32 Å². The topological polar surface area (TPSA) is 30.5 Å². The molecule has 19 heavy (non-hydrogen) atoms. The predicted octanol–water partition coefficient (Wildman–Crippen LogP) is 2.98. The molecule has 1 heterocycles. The van der Waals surface area contributed by atoms with Gasteiger partial charge in [0.15, 0.2) is 0 Å². The van der Waals surface area contributed by atoms with Crippen LogP contribution in [0.3, 0.4) is 0 Å². The van der Waals surface area contributed by atoms with Gasteiger partial charge in [0, 0.05) is 19.7 Å². The average molecular weight is 269 g/mol. The first-order chi connectivity index (χ1) is 9.13. The van der Waals surface area contributed by atoms with E-state index in [1.807, 2.05) is 0 Å². The second-order valence-electron chi connectivity index (χ2n) is 6.78. The van der Waals surface area contributed by atoms with Gasteiger partial charge in [-0.1, -0.05) is 13.8 Å². The van der Waals surface area contributed by atoms with Crippen LogP contribution in [0.5, 0.6) is 0 Å². The Bertz CT molecular complexity index is 243. The Morgan fingerprint density at radius 1 is 1.21 bits per heavy atom. The van der Waals surface area contributed by atoms with E-state index in [-0.39, 0.29) is 0 Å². The molecular weight excluding hydrogens is 238 g/mol. The molecule has 1 N–H and O–H groups in total. The molecule has 112 valence electrons. The smallest absolute Gasteiger partial charge is 0.0700 e. The molecule has 0 amide bonds. The van der Waals surface area contributed by atoms with Gasteiger partial charge >= 0.3 is 0 Å². The van der Waals surface area contributed by atoms with E-state index in [4.69, 9.17) is 9.47 Å². The molecule has 1 saturated heterocycles. The SMILES string of the molecule is CC1CC(C)CC(OC(C)CNCC2CCCO2)C1. The van der Waals surface area contributed by atoms with Crippen molar-refractivity contribution in [1.29, 1.82) is 0 Å². The van der Waals surface area contributed by atoms with Crippen LogP contribution >= 0.6 is 0 Å². The van der Waals surface area contributed by atoms with Crippen LogP contribution in [0.4, 0.5) is 0 Å². The molecule has 0 aromatic rings. The van der Waals surface area contributed by atoms with Gasteiger partial charge in [-0.3, -0.25) is 0 Å². The van der Waals surface area contributed by atoms with E-state index in [0.29, 0.717) is 18.3 Å². The molecule has 2 rings (SSSR count). The van der Waals surface area contributed by atoms with Crippen LogP contribution in [0.15, 0.2) is 0 Å². The number of hydrogen-bond acceptors (Lipinski definition) is 3. The molecule has 3 nitrogen and oxygen atoms in total. The first-order valence-electron chi connectivity index (χ1n) is 8.11. The van der Waals surface area contributed by atoms with E-state index in [9.17, 15) is 0 Å². The molecule has 0 bridgehead atoms. The zero-order valence-electron chi connectivity index (χ0n) is 12.9. The third-order valence-corrected chi connectivity index (χ3v) is 4.39. The first-order valence-corrected chi connectivity index (χ1v) is 8.11. The van der Waals surface area contributed by atoms with Crippen LogP contribution in [-0.4, -0.2) is 38.0 Å². The van der Waals surface area contributed by atoms with E-state index in [0.717, 1.165) is 31.5 Å². The molecule has 2 fully saturated rings. The maximum absolute atomic E-state index is 6.19. The van der Waals surface area contributed by atoms with Crippen LogP contribution < -0.4 is 5.32 Å². The summed E-state index contributed by atoms with van der Waals surface area (Å²) in [5.74, 6) is 1.64. The van der Waals surface area contributed by atoms with Gasteiger partial charge < -0.3 is 14.8 Å². The highest BCUT2D eigenvalue weighted by molar-refractivity contribution is 4.76. The predicted molar refractivity (Wildman–Crippen MR) is 78.4 cm³/mol. The van der Waals surface area contributed by atoms with E-state index >= 15 is 0 Å². The zero-order valence-corrected chi connectivity index (χ0v) is 12.9. The Morgan fingerprint density at radius 2 is 1.95 bits per heavy atom. The summed E-state index contributed by atoms with van der Waals surface area (Å²) >= 11 is 0. The van der Waals surface area contributed by atoms with Crippen LogP contribution in [0.25, 0.3) is 0 Å². The molecule has 0 aromatic carbocycles. The Kier molecular flexibility index (Phi) is 6.11. The highest BCUT2D eigenvalue weighted by atomic mass is 16.5. The molecule has 0 radical (unpaired) electrons. The van der Waals surface area contributed by atoms with Crippen LogP contribution in [0, 0.1) is 11.8 Å². The van der Waals surface area contributed by atoms with E-state index in [1.165, 1.54) is 32.1 Å². The fourth-order valence-corrected chi connectivity index (χ4v) is 3.61. The number of hydrogen-bond donors (Lipinski definition) is 1. The summed E-state index contributed by atoms with van der Waals surface area (Å²) in [6.07, 6.45) is 7.48. The van der Waals surface area contributed by atoms with Gasteiger partial charge in [0.05, 0.1) is 18.3 Å². The van der Waals surface area contributed by atoms with Gasteiger partial charge in [-0.25, -0.2) is 0 Å². The number of ether oxygens (including phenoxy) is 2. The first kappa shape index (κ1) is 15.3. The number of nitrogens with one attached hydrogen (secondary N) is 1. The van der Waals surface area contributed by atoms with E-state index < -0.39 is 0 Å². The zero-order chi connectivity index (χ0) is 13.7. The van der Waals surface area contributed by atoms with Crippen LogP contribution in [0.2, 0.25) is 0 Å². The molecule has 2 aliphatic rings. The average Bonchev–Trinajstić information content (AvgIpc) is 2.80. The van der Waals surface area contributed by atoms with E-state index in [1.54, 1.807) is 0 Å². The van der Waals surface area contributed by atoms with Crippen LogP contribution in [0.1, 0.15) is 52.9 Å². The van der Waals surface area contributed by atoms with Gasteiger partial charge in [0.25, 0.3) is 0 Å². The van der Waals surface area contributed by atoms with Crippen molar-refractivity contribution in [2.24, 2.45) is 11.8 Å². The van der Waals surface area contributed by atoms with Crippen molar-refractivity contribution in [3.8, 4) is 0 Å². The highest BCUT2D eigenvalue weighted by Crippen LogP contribution is 2.30. The second kappa shape index (κ2) is 7.61. The van der Waals surface area contributed by atoms with Crippen molar-refractivity contribution in [3.05, 3.63) is 0 Å². The molecule has 4 unspecified atom stereocenters. The lowest BCUT2D eigenvalue weighted by atomic mass is 9.82. The fourth-order valence-electron chi connectivity index (χ4n) is 3.61. The van der Waals surface area contributed by atoms with Gasteiger partial charge in [0.2, 0.25) is 0 Å². The lowest BCUT2D eigenvalue weighted by Crippen LogP contribution is -2.36. The minimum Gasteiger partial charge on any atom is -0.377 e. The Labute approximate surface area is 118 Å². The Balaban J connectivity index is 1.59. The Morgan fingerprint density at radius 3 is 2.58 bits per heavy atom. The van der Waals surface area contributed by atoms with Crippen molar-refractivity contribution in [2.45, 2.75) is 71.2 Å². The largest absolute Gasteiger partial charge is 0.377 e. The summed E-state index contributed by atoms with van der Waals surface area (Å²) in [5.41, 5.74) is 0. The molecule has 1 aliphatic heterocycles. The normalized spacial score (nSPS) is 37.4. The molecule has 4 atom stereocenters. The third-order valence-electron chi connectivity index (χ3n) is 4.39. The molecule has 0 spiro atoms. The lowest BCUT2D eigenvalue weighted by Gasteiger charge is -2.33. The molecule has 0 aromatic heterocycles. The van der Waals surface area contributed by atoms with Gasteiger partial charge in [-0.2, -0.15) is 0 Å². The van der Waals surface area contributed by atoms with Crippen molar-refractivity contribution in [2.75, 3.05) is 19.7 Å². The summed E-state index contributed by atoms with van der Waals surface area (Å²) < 4.78 is 11.8. The Hall–Kier alpha value is -0.120. The summed E-state index contributed by atoms with van der Waals surface area (Å²) in [7, 11) is 0. The summed E-state index contributed by atoms with van der Waals surface area (Å²) in [6.45, 7) is 9.76. The second-order valence-corrected chi connectivity index (χ2v) is 6.78. The van der Waals surface area contributed by atoms with E-state index in [2.05, 4.69) is 26.1 Å². The lowest BCUT2D eigenvalue weighted by molar-refractivity contribution is -0.0408. The van der Waals surface area contributed by atoms with Gasteiger partial charge in [0.1, 0.15) is 0 Å². The summed E-state index contributed by atoms with van der Waals surface area (Å²) in [4.78, 5) is 0. The van der Waals surface area contributed by atoms with Crippen molar-refractivity contribution in [3.63, 3.8) is 0 Å². The molecule has 3 heteroatoms. The monoisotopic (exact) mass is 269 g/mol. The van der Waals surface area contributed by atoms with Crippen molar-refractivity contribution >= 4 is 0 Å². The quantitative estimate of drug-likeness (QED) is 0.804. The van der Waals surface area contributed by atoms with Crippen LogP contribution in [-0.2, 0) is 9.47 Å². The number of rotatable bonds is 6. The maximum atomic E-state index is 6.19. The van der Waals surface area contributed by atoms with Gasteiger partial charge in [-0.15, -0.1) is 0 Å². The minimum atomic E-state index is 0.309. The maximum Gasteiger partial charge on any atom is 0.0700 e. The van der Waals surface area contributed by atoms with Crippen molar-refractivity contribution < 1.29 is 9.47 Å². The standard InChI is InChI=1S/C16H31NO2/c1-12-7-13(2)9-16(8-12)19-14(3)10-17-11-15-5-4-6-18-15/h12-17H,4-11H2,1-3H3. The van der Waals surface area contributed by atoms with Gasteiger partial charge in [-0.05, 0) is 50.9 Å². The minimum absolute atomic E-state index is 0.309. The molecular formula is C16H31NO2. The molecule has 1 saturated carbocycles. The molecule has 1 aliphatic carbocycles. The third kappa shape index (κ3) is 5.41.